The highest BCUT2D eigenvalue weighted by Gasteiger charge is 2.23. The lowest BCUT2D eigenvalue weighted by Gasteiger charge is -2.27. The van der Waals surface area contributed by atoms with Gasteiger partial charge in [0.2, 0.25) is 5.95 Å². The normalized spacial score (nSPS) is 13.9. The Bertz CT molecular complexity index is 1190. The molecule has 9 heteroatoms. The van der Waals surface area contributed by atoms with Gasteiger partial charge in [-0.2, -0.15) is 9.97 Å². The van der Waals surface area contributed by atoms with E-state index in [9.17, 15) is 4.79 Å². The van der Waals surface area contributed by atoms with Crippen molar-refractivity contribution in [3.8, 4) is 23.9 Å². The highest BCUT2D eigenvalue weighted by molar-refractivity contribution is 5.74. The molecule has 1 aliphatic heterocycles. The molecule has 1 fully saturated rings. The SMILES string of the molecule is CC#CCn1c(N2CCCCC2)nc2nc(Oc3nc(C)cc(C)n3)n(C)c(=O)c21. The molecule has 4 heterocycles. The summed E-state index contributed by atoms with van der Waals surface area (Å²) in [6.45, 7) is 7.70. The van der Waals surface area contributed by atoms with Crippen LogP contribution >= 0.6 is 0 Å². The van der Waals surface area contributed by atoms with E-state index in [1.54, 1.807) is 14.0 Å². The van der Waals surface area contributed by atoms with Crippen LogP contribution in [-0.2, 0) is 13.6 Å². The lowest BCUT2D eigenvalue weighted by Crippen LogP contribution is -2.32. The molecule has 0 unspecified atom stereocenters. The van der Waals surface area contributed by atoms with E-state index in [1.807, 2.05) is 24.5 Å². The molecule has 4 rings (SSSR count). The summed E-state index contributed by atoms with van der Waals surface area (Å²) in [5, 5.41) is 0. The van der Waals surface area contributed by atoms with Crippen LogP contribution in [0.3, 0.4) is 0 Å². The number of hydrogen-bond acceptors (Lipinski definition) is 7. The van der Waals surface area contributed by atoms with E-state index in [2.05, 4.69) is 31.7 Å². The summed E-state index contributed by atoms with van der Waals surface area (Å²) in [4.78, 5) is 33.2. The van der Waals surface area contributed by atoms with Crippen LogP contribution in [0.1, 0.15) is 37.6 Å². The predicted molar refractivity (Wildman–Crippen MR) is 114 cm³/mol. The van der Waals surface area contributed by atoms with Gasteiger partial charge in [0.15, 0.2) is 11.2 Å². The van der Waals surface area contributed by atoms with Gasteiger partial charge in [-0.05, 0) is 46.1 Å². The Hall–Kier alpha value is -3.41. The summed E-state index contributed by atoms with van der Waals surface area (Å²) in [5.74, 6) is 6.69. The van der Waals surface area contributed by atoms with Crippen LogP contribution < -0.4 is 15.2 Å². The third-order valence-corrected chi connectivity index (χ3v) is 5.12. The smallest absolute Gasteiger partial charge is 0.324 e. The molecule has 0 spiro atoms. The molecule has 0 aliphatic carbocycles. The van der Waals surface area contributed by atoms with Crippen LogP contribution in [0.25, 0.3) is 11.2 Å². The molecule has 0 amide bonds. The van der Waals surface area contributed by atoms with Crippen molar-refractivity contribution >= 4 is 17.1 Å². The number of aryl methyl sites for hydroxylation is 2. The van der Waals surface area contributed by atoms with Gasteiger partial charge in [0.1, 0.15) is 0 Å². The van der Waals surface area contributed by atoms with Gasteiger partial charge in [-0.15, -0.1) is 5.92 Å². The molecule has 0 N–H and O–H groups in total. The fraction of sp³-hybridized carbons (Fsp3) is 0.476. The van der Waals surface area contributed by atoms with E-state index in [1.165, 1.54) is 11.0 Å². The summed E-state index contributed by atoms with van der Waals surface area (Å²) in [6.07, 6.45) is 3.42. The number of nitrogens with zero attached hydrogens (tertiary/aromatic N) is 7. The fourth-order valence-corrected chi connectivity index (χ4v) is 3.68. The summed E-state index contributed by atoms with van der Waals surface area (Å²) in [5.41, 5.74) is 2.08. The third kappa shape index (κ3) is 3.73. The maximum absolute atomic E-state index is 13.2. The van der Waals surface area contributed by atoms with Crippen molar-refractivity contribution < 1.29 is 4.74 Å². The minimum Gasteiger partial charge on any atom is -0.390 e. The van der Waals surface area contributed by atoms with Crippen molar-refractivity contribution in [2.24, 2.45) is 7.05 Å². The third-order valence-electron chi connectivity index (χ3n) is 5.12. The number of hydrogen-bond donors (Lipinski definition) is 0. The van der Waals surface area contributed by atoms with E-state index in [-0.39, 0.29) is 17.6 Å². The zero-order valence-corrected chi connectivity index (χ0v) is 17.8. The first-order valence-corrected chi connectivity index (χ1v) is 10.1. The number of ether oxygens (including phenoxy) is 1. The highest BCUT2D eigenvalue weighted by atomic mass is 16.5. The minimum absolute atomic E-state index is 0.105. The first-order valence-electron chi connectivity index (χ1n) is 10.1. The Labute approximate surface area is 174 Å². The van der Waals surface area contributed by atoms with Crippen molar-refractivity contribution in [2.45, 2.75) is 46.6 Å². The topological polar surface area (TPSA) is 91.0 Å². The average molecular weight is 407 g/mol. The Morgan fingerprint density at radius 2 is 1.77 bits per heavy atom. The standard InChI is InChI=1S/C21H25N7O2/c1-5-6-12-28-16-17(24-20(28)27-10-8-7-9-11-27)25-21(26(4)18(16)29)30-19-22-14(2)13-15(3)23-19/h13H,7-12H2,1-4H3. The van der Waals surface area contributed by atoms with Crippen LogP contribution in [0, 0.1) is 25.7 Å². The molecule has 9 nitrogen and oxygen atoms in total. The monoisotopic (exact) mass is 407 g/mol. The van der Waals surface area contributed by atoms with Gasteiger partial charge >= 0.3 is 12.0 Å². The number of anilines is 1. The number of fused-ring (bicyclic) bond motifs is 1. The zero-order chi connectivity index (χ0) is 21.3. The number of aromatic nitrogens is 6. The van der Waals surface area contributed by atoms with Crippen molar-refractivity contribution in [1.82, 2.24) is 29.1 Å². The van der Waals surface area contributed by atoms with Gasteiger partial charge < -0.3 is 9.64 Å². The van der Waals surface area contributed by atoms with Gasteiger partial charge in [-0.3, -0.25) is 13.9 Å². The Morgan fingerprint density at radius 3 is 2.43 bits per heavy atom. The first kappa shape index (κ1) is 19.9. The molecule has 1 aliphatic rings. The van der Waals surface area contributed by atoms with E-state index < -0.39 is 0 Å². The second-order valence-electron chi connectivity index (χ2n) is 7.44. The Kier molecular flexibility index (Phi) is 5.40. The minimum atomic E-state index is -0.243. The highest BCUT2D eigenvalue weighted by Crippen LogP contribution is 2.24. The van der Waals surface area contributed by atoms with Gasteiger partial charge in [0, 0.05) is 31.5 Å². The lowest BCUT2D eigenvalue weighted by molar-refractivity contribution is 0.383. The summed E-state index contributed by atoms with van der Waals surface area (Å²) in [6, 6.07) is 2.11. The number of rotatable bonds is 4. The summed E-state index contributed by atoms with van der Waals surface area (Å²) < 4.78 is 9.00. The molecule has 0 atom stereocenters. The molecular weight excluding hydrogens is 382 g/mol. The van der Waals surface area contributed by atoms with Crippen LogP contribution in [0.15, 0.2) is 10.9 Å². The number of imidazole rings is 1. The van der Waals surface area contributed by atoms with Crippen LogP contribution in [0.5, 0.6) is 12.0 Å². The molecule has 0 radical (unpaired) electrons. The van der Waals surface area contributed by atoms with Crippen molar-refractivity contribution in [2.75, 3.05) is 18.0 Å². The number of piperidine rings is 1. The first-order chi connectivity index (χ1) is 14.5. The van der Waals surface area contributed by atoms with E-state index >= 15 is 0 Å². The maximum Gasteiger partial charge on any atom is 0.324 e. The van der Waals surface area contributed by atoms with Crippen molar-refractivity contribution in [3.05, 3.63) is 27.8 Å². The van der Waals surface area contributed by atoms with Gasteiger partial charge in [-0.1, -0.05) is 5.92 Å². The molecule has 3 aromatic heterocycles. The second-order valence-corrected chi connectivity index (χ2v) is 7.44. The Morgan fingerprint density at radius 1 is 1.07 bits per heavy atom. The summed E-state index contributed by atoms with van der Waals surface area (Å²) in [7, 11) is 1.62. The molecular formula is C21H25N7O2. The van der Waals surface area contributed by atoms with E-state index in [0.29, 0.717) is 17.7 Å². The molecule has 0 bridgehead atoms. The second kappa shape index (κ2) is 8.14. The van der Waals surface area contributed by atoms with Crippen molar-refractivity contribution in [3.63, 3.8) is 0 Å². The largest absolute Gasteiger partial charge is 0.390 e. The van der Waals surface area contributed by atoms with Gasteiger partial charge in [0.05, 0.1) is 6.54 Å². The van der Waals surface area contributed by atoms with Crippen molar-refractivity contribution in [1.29, 1.82) is 0 Å². The van der Waals surface area contributed by atoms with E-state index in [0.717, 1.165) is 43.3 Å². The van der Waals surface area contributed by atoms with E-state index in [4.69, 9.17) is 9.72 Å². The lowest BCUT2D eigenvalue weighted by atomic mass is 10.1. The molecule has 30 heavy (non-hydrogen) atoms. The molecule has 156 valence electrons. The van der Waals surface area contributed by atoms with Gasteiger partial charge in [0.25, 0.3) is 5.56 Å². The average Bonchev–Trinajstić information content (AvgIpc) is 3.08. The quantitative estimate of drug-likeness (QED) is 0.613. The summed E-state index contributed by atoms with van der Waals surface area (Å²) >= 11 is 0. The Balaban J connectivity index is 1.84. The maximum atomic E-state index is 13.2. The molecule has 1 saturated heterocycles. The van der Waals surface area contributed by atoms with Crippen LogP contribution in [0.4, 0.5) is 5.95 Å². The predicted octanol–water partition coefficient (Wildman–Crippen LogP) is 2.34. The van der Waals surface area contributed by atoms with Crippen LogP contribution in [-0.4, -0.2) is 42.2 Å². The van der Waals surface area contributed by atoms with Gasteiger partial charge in [-0.25, -0.2) is 9.97 Å². The molecule has 0 saturated carbocycles. The van der Waals surface area contributed by atoms with Crippen LogP contribution in [0.2, 0.25) is 0 Å². The zero-order valence-electron chi connectivity index (χ0n) is 17.8. The fourth-order valence-electron chi connectivity index (χ4n) is 3.68. The molecule has 0 aromatic carbocycles. The molecule has 3 aromatic rings.